The van der Waals surface area contributed by atoms with Crippen LogP contribution in [0.25, 0.3) is 0 Å². The molecule has 1 amide bonds. The van der Waals surface area contributed by atoms with Gasteiger partial charge in [-0.1, -0.05) is 30.0 Å². The summed E-state index contributed by atoms with van der Waals surface area (Å²) in [5, 5.41) is 3.21. The summed E-state index contributed by atoms with van der Waals surface area (Å²) in [6.07, 6.45) is 0. The van der Waals surface area contributed by atoms with Crippen LogP contribution in [0.5, 0.6) is 0 Å². The van der Waals surface area contributed by atoms with Crippen LogP contribution in [0.15, 0.2) is 12.1 Å². The van der Waals surface area contributed by atoms with E-state index in [1.165, 1.54) is 0 Å². The number of hydrogen-bond acceptors (Lipinski definition) is 1. The number of rotatable bonds is 2. The van der Waals surface area contributed by atoms with E-state index < -0.39 is 0 Å². The molecule has 4 heteroatoms. The smallest absolute Gasteiger partial charge is 0.251 e. The van der Waals surface area contributed by atoms with Gasteiger partial charge in [0.1, 0.15) is 7.28 Å². The lowest BCUT2D eigenvalue weighted by atomic mass is 9.72. The maximum atomic E-state index is 11.5. The summed E-state index contributed by atoms with van der Waals surface area (Å²) in [6.45, 7) is 3.75. The summed E-state index contributed by atoms with van der Waals surface area (Å²) >= 11 is 6.00. The number of carbonyl (C=O) groups is 1. The lowest BCUT2D eigenvalue weighted by Crippen LogP contribution is -2.22. The molecule has 0 fully saturated rings. The second-order valence-electron chi connectivity index (χ2n) is 3.04. The minimum absolute atomic E-state index is 0.104. The van der Waals surface area contributed by atoms with Gasteiger partial charge in [0.05, 0.1) is 0 Å². The molecule has 0 saturated heterocycles. The fourth-order valence-electron chi connectivity index (χ4n) is 1.24. The third kappa shape index (κ3) is 2.10. The van der Waals surface area contributed by atoms with Crippen LogP contribution >= 0.6 is 11.6 Å². The molecule has 1 radical (unpaired) electrons. The first-order chi connectivity index (χ1) is 6.60. The van der Waals surface area contributed by atoms with Crippen LogP contribution in [0.2, 0.25) is 11.8 Å². The Labute approximate surface area is 89.9 Å². The van der Waals surface area contributed by atoms with Crippen molar-refractivity contribution in [3.05, 3.63) is 28.3 Å². The van der Waals surface area contributed by atoms with Crippen LogP contribution in [-0.2, 0) is 0 Å². The first kappa shape index (κ1) is 11.1. The van der Waals surface area contributed by atoms with Crippen LogP contribution in [0.4, 0.5) is 0 Å². The highest BCUT2D eigenvalue weighted by Crippen LogP contribution is 2.17. The SMILES string of the molecule is C[B]c1cc(Cl)c(C)c(C(=O)NC)c1. The fraction of sp³-hybridized carbons (Fsp3) is 0.300. The zero-order valence-corrected chi connectivity index (χ0v) is 9.27. The number of carbonyl (C=O) groups excluding carboxylic acids is 1. The average molecular weight is 208 g/mol. The van der Waals surface area contributed by atoms with E-state index in [-0.39, 0.29) is 5.91 Å². The van der Waals surface area contributed by atoms with Gasteiger partial charge in [-0.2, -0.15) is 0 Å². The quantitative estimate of drug-likeness (QED) is 0.731. The topological polar surface area (TPSA) is 29.1 Å². The number of halogens is 1. The lowest BCUT2D eigenvalue weighted by Gasteiger charge is -2.08. The Morgan fingerprint density at radius 2 is 2.14 bits per heavy atom. The van der Waals surface area contributed by atoms with Crippen molar-refractivity contribution in [3.8, 4) is 0 Å². The molecular weight excluding hydrogens is 196 g/mol. The minimum Gasteiger partial charge on any atom is -0.355 e. The number of amides is 1. The molecule has 0 heterocycles. The highest BCUT2D eigenvalue weighted by molar-refractivity contribution is 6.52. The van der Waals surface area contributed by atoms with Gasteiger partial charge in [0, 0.05) is 17.6 Å². The summed E-state index contributed by atoms with van der Waals surface area (Å²) in [5.41, 5.74) is 2.41. The Hall–Kier alpha value is -0.955. The molecule has 0 spiro atoms. The monoisotopic (exact) mass is 208 g/mol. The van der Waals surface area contributed by atoms with Gasteiger partial charge in [-0.25, -0.2) is 0 Å². The molecule has 0 bridgehead atoms. The van der Waals surface area contributed by atoms with E-state index in [1.54, 1.807) is 7.05 Å². The van der Waals surface area contributed by atoms with Crippen LogP contribution < -0.4 is 10.8 Å². The first-order valence-corrected chi connectivity index (χ1v) is 4.79. The standard InChI is InChI=1S/C10H12BClNO/c1-6-8(10(14)13-3)4-7(11-2)5-9(6)12/h4-5H,1-3H3,(H,13,14). The van der Waals surface area contributed by atoms with Crippen molar-refractivity contribution in [2.24, 2.45) is 0 Å². The van der Waals surface area contributed by atoms with Crippen molar-refractivity contribution in [2.45, 2.75) is 13.7 Å². The minimum atomic E-state index is -0.104. The van der Waals surface area contributed by atoms with Crippen LogP contribution in [0.1, 0.15) is 15.9 Å². The van der Waals surface area contributed by atoms with E-state index in [0.717, 1.165) is 11.0 Å². The normalized spacial score (nSPS) is 9.71. The van der Waals surface area contributed by atoms with Gasteiger partial charge in [0.25, 0.3) is 5.91 Å². The Morgan fingerprint density at radius 1 is 1.50 bits per heavy atom. The summed E-state index contributed by atoms with van der Waals surface area (Å²) in [5.74, 6) is -0.104. The summed E-state index contributed by atoms with van der Waals surface area (Å²) in [4.78, 5) is 11.5. The zero-order chi connectivity index (χ0) is 10.7. The molecule has 0 aromatic heterocycles. The van der Waals surface area contributed by atoms with Crippen molar-refractivity contribution in [1.82, 2.24) is 5.32 Å². The third-order valence-electron chi connectivity index (χ3n) is 2.17. The Kier molecular flexibility index (Phi) is 3.58. The van der Waals surface area contributed by atoms with E-state index in [0.29, 0.717) is 10.6 Å². The van der Waals surface area contributed by atoms with Gasteiger partial charge in [-0.3, -0.25) is 4.79 Å². The number of nitrogens with one attached hydrogen (secondary N) is 1. The van der Waals surface area contributed by atoms with Crippen LogP contribution in [0.3, 0.4) is 0 Å². The van der Waals surface area contributed by atoms with Crippen molar-refractivity contribution < 1.29 is 4.79 Å². The fourth-order valence-corrected chi connectivity index (χ4v) is 1.46. The highest BCUT2D eigenvalue weighted by Gasteiger charge is 2.10. The van der Waals surface area contributed by atoms with Crippen molar-refractivity contribution >= 4 is 30.3 Å². The summed E-state index contributed by atoms with van der Waals surface area (Å²) in [6, 6.07) is 3.68. The van der Waals surface area contributed by atoms with Crippen LogP contribution in [0, 0.1) is 6.92 Å². The average Bonchev–Trinajstić information content (AvgIpc) is 2.20. The molecule has 0 aliphatic rings. The largest absolute Gasteiger partial charge is 0.355 e. The molecule has 0 atom stereocenters. The highest BCUT2D eigenvalue weighted by atomic mass is 35.5. The Balaban J connectivity index is 3.27. The predicted octanol–water partition coefficient (Wildman–Crippen LogP) is 1.39. The molecule has 0 aliphatic carbocycles. The second kappa shape index (κ2) is 4.51. The molecule has 0 aliphatic heterocycles. The van der Waals surface area contributed by atoms with Crippen molar-refractivity contribution in [3.63, 3.8) is 0 Å². The summed E-state index contributed by atoms with van der Waals surface area (Å²) < 4.78 is 0. The molecule has 2 nitrogen and oxygen atoms in total. The molecule has 73 valence electrons. The lowest BCUT2D eigenvalue weighted by molar-refractivity contribution is 0.0962. The maximum Gasteiger partial charge on any atom is 0.251 e. The van der Waals surface area contributed by atoms with E-state index in [9.17, 15) is 4.79 Å². The maximum absolute atomic E-state index is 11.5. The molecule has 0 saturated carbocycles. The molecule has 1 aromatic carbocycles. The van der Waals surface area contributed by atoms with E-state index in [4.69, 9.17) is 11.6 Å². The van der Waals surface area contributed by atoms with Gasteiger partial charge in [-0.15, -0.1) is 0 Å². The van der Waals surface area contributed by atoms with E-state index >= 15 is 0 Å². The number of hydrogen-bond donors (Lipinski definition) is 1. The molecule has 14 heavy (non-hydrogen) atoms. The molecule has 0 unspecified atom stereocenters. The van der Waals surface area contributed by atoms with Gasteiger partial charge in [0.15, 0.2) is 0 Å². The Morgan fingerprint density at radius 3 is 2.64 bits per heavy atom. The molecular formula is C10H12BClNO. The van der Waals surface area contributed by atoms with Gasteiger partial charge in [-0.05, 0) is 18.6 Å². The Bertz CT molecular complexity index is 365. The van der Waals surface area contributed by atoms with E-state index in [2.05, 4.69) is 5.32 Å². The predicted molar refractivity (Wildman–Crippen MR) is 60.8 cm³/mol. The molecule has 1 rings (SSSR count). The molecule has 1 N–H and O–H groups in total. The van der Waals surface area contributed by atoms with Gasteiger partial charge in [0.2, 0.25) is 0 Å². The zero-order valence-electron chi connectivity index (χ0n) is 8.52. The van der Waals surface area contributed by atoms with Crippen molar-refractivity contribution in [2.75, 3.05) is 7.05 Å². The van der Waals surface area contributed by atoms with E-state index in [1.807, 2.05) is 33.2 Å². The van der Waals surface area contributed by atoms with Gasteiger partial charge < -0.3 is 5.32 Å². The van der Waals surface area contributed by atoms with Crippen molar-refractivity contribution in [1.29, 1.82) is 0 Å². The first-order valence-electron chi connectivity index (χ1n) is 4.41. The summed E-state index contributed by atoms with van der Waals surface area (Å²) in [7, 11) is 3.52. The number of benzene rings is 1. The second-order valence-corrected chi connectivity index (χ2v) is 3.45. The third-order valence-corrected chi connectivity index (χ3v) is 2.56. The molecule has 1 aromatic rings. The van der Waals surface area contributed by atoms with Gasteiger partial charge >= 0.3 is 0 Å². The van der Waals surface area contributed by atoms with Crippen LogP contribution in [-0.4, -0.2) is 20.2 Å².